The van der Waals surface area contributed by atoms with Crippen LogP contribution in [0.3, 0.4) is 0 Å². The summed E-state index contributed by atoms with van der Waals surface area (Å²) in [5.41, 5.74) is 8.40. The van der Waals surface area contributed by atoms with Gasteiger partial charge < -0.3 is 10.5 Å². The molecule has 3 nitrogen and oxygen atoms in total. The summed E-state index contributed by atoms with van der Waals surface area (Å²) in [6.07, 6.45) is 4.51. The Morgan fingerprint density at radius 2 is 1.88 bits per heavy atom. The van der Waals surface area contributed by atoms with E-state index in [9.17, 15) is 4.39 Å². The van der Waals surface area contributed by atoms with E-state index in [0.717, 1.165) is 23.7 Å². The quantitative estimate of drug-likeness (QED) is 0.572. The number of halogens is 1. The predicted molar refractivity (Wildman–Crippen MR) is 101 cm³/mol. The van der Waals surface area contributed by atoms with E-state index in [1.807, 2.05) is 24.3 Å². The number of rotatable bonds is 7. The molecule has 0 amide bonds. The number of nitrogens with zero attached hydrogens (tertiary/aromatic N) is 1. The highest BCUT2D eigenvalue weighted by atomic mass is 19.1. The lowest BCUT2D eigenvalue weighted by molar-refractivity contribution is 0.303. The van der Waals surface area contributed by atoms with Crippen molar-refractivity contribution < 1.29 is 9.13 Å². The highest BCUT2D eigenvalue weighted by Crippen LogP contribution is 2.29. The summed E-state index contributed by atoms with van der Waals surface area (Å²) in [5, 5.41) is 0.874. The van der Waals surface area contributed by atoms with Gasteiger partial charge in [0, 0.05) is 22.7 Å². The average molecular weight is 338 g/mol. The molecule has 25 heavy (non-hydrogen) atoms. The second kappa shape index (κ2) is 7.97. The first kappa shape index (κ1) is 17.2. The predicted octanol–water partition coefficient (Wildman–Crippen LogP) is 5.58. The third-order valence-electron chi connectivity index (χ3n) is 4.23. The van der Waals surface area contributed by atoms with Gasteiger partial charge in [-0.2, -0.15) is 0 Å². The molecule has 0 aliphatic carbocycles. The van der Waals surface area contributed by atoms with Crippen molar-refractivity contribution in [2.75, 3.05) is 12.3 Å². The summed E-state index contributed by atoms with van der Waals surface area (Å²) in [6, 6.07) is 14.2. The topological polar surface area (TPSA) is 48.1 Å². The number of anilines is 1. The molecule has 0 radical (unpaired) electrons. The van der Waals surface area contributed by atoms with Crippen molar-refractivity contribution in [3.8, 4) is 17.0 Å². The molecule has 0 atom stereocenters. The number of hydrogen-bond acceptors (Lipinski definition) is 3. The molecule has 0 fully saturated rings. The number of para-hydroxylation sites is 1. The average Bonchev–Trinajstić information content (AvgIpc) is 2.61. The van der Waals surface area contributed by atoms with E-state index < -0.39 is 0 Å². The Kier molecular flexibility index (Phi) is 5.49. The molecule has 0 spiro atoms. The zero-order chi connectivity index (χ0) is 17.6. The van der Waals surface area contributed by atoms with Gasteiger partial charge in [-0.05, 0) is 30.7 Å². The van der Waals surface area contributed by atoms with Gasteiger partial charge in [0.25, 0.3) is 0 Å². The summed E-state index contributed by atoms with van der Waals surface area (Å²) < 4.78 is 20.2. The van der Waals surface area contributed by atoms with Crippen LogP contribution in [0.1, 0.15) is 32.6 Å². The summed E-state index contributed by atoms with van der Waals surface area (Å²) in [6.45, 7) is 2.78. The standard InChI is InChI=1S/C21H23FN2O/c1-2-3-4-7-12-25-15-10-11-16(18(22)13-15)21-14-19(23)17-8-5-6-9-20(17)24-21/h5-6,8-11,13-14H,2-4,7,12H2,1H3,(H2,23,24). The van der Waals surface area contributed by atoms with Gasteiger partial charge in [0.05, 0.1) is 17.8 Å². The molecule has 1 heterocycles. The Balaban J connectivity index is 1.79. The van der Waals surface area contributed by atoms with Crippen molar-refractivity contribution in [3.05, 3.63) is 54.3 Å². The number of nitrogens with two attached hydrogens (primary N) is 1. The molecule has 0 unspecified atom stereocenters. The fourth-order valence-electron chi connectivity index (χ4n) is 2.85. The van der Waals surface area contributed by atoms with Crippen LogP contribution in [-0.4, -0.2) is 11.6 Å². The van der Waals surface area contributed by atoms with Crippen LogP contribution >= 0.6 is 0 Å². The van der Waals surface area contributed by atoms with Crippen molar-refractivity contribution in [1.82, 2.24) is 4.98 Å². The molecule has 3 aromatic rings. The van der Waals surface area contributed by atoms with Crippen molar-refractivity contribution in [1.29, 1.82) is 0 Å². The summed E-state index contributed by atoms with van der Waals surface area (Å²) >= 11 is 0. The first-order chi connectivity index (χ1) is 12.2. The molecule has 2 aromatic carbocycles. The number of unbranched alkanes of at least 4 members (excludes halogenated alkanes) is 3. The Labute approximate surface area is 147 Å². The first-order valence-corrected chi connectivity index (χ1v) is 8.77. The molecule has 3 rings (SSSR count). The maximum absolute atomic E-state index is 14.5. The molecule has 1 aromatic heterocycles. The number of ether oxygens (including phenoxy) is 1. The van der Waals surface area contributed by atoms with Crippen molar-refractivity contribution >= 4 is 16.6 Å². The smallest absolute Gasteiger partial charge is 0.136 e. The van der Waals surface area contributed by atoms with Gasteiger partial charge in [0.2, 0.25) is 0 Å². The lowest BCUT2D eigenvalue weighted by Crippen LogP contribution is -1.99. The second-order valence-electron chi connectivity index (χ2n) is 6.16. The lowest BCUT2D eigenvalue weighted by Gasteiger charge is -2.10. The zero-order valence-electron chi connectivity index (χ0n) is 14.5. The van der Waals surface area contributed by atoms with Crippen LogP contribution in [0.5, 0.6) is 5.75 Å². The molecule has 0 saturated carbocycles. The van der Waals surface area contributed by atoms with Crippen LogP contribution in [0.25, 0.3) is 22.2 Å². The number of pyridine rings is 1. The van der Waals surface area contributed by atoms with Crippen LogP contribution < -0.4 is 10.5 Å². The monoisotopic (exact) mass is 338 g/mol. The molecule has 130 valence electrons. The summed E-state index contributed by atoms with van der Waals surface area (Å²) in [5.74, 6) is 0.194. The molecule has 0 aliphatic rings. The molecular weight excluding hydrogens is 315 g/mol. The fraction of sp³-hybridized carbons (Fsp3) is 0.286. The Morgan fingerprint density at radius 3 is 2.68 bits per heavy atom. The Hall–Kier alpha value is -2.62. The SMILES string of the molecule is CCCCCCOc1ccc(-c2cc(N)c3ccccc3n2)c(F)c1. The minimum Gasteiger partial charge on any atom is -0.493 e. The van der Waals surface area contributed by atoms with Crippen LogP contribution in [0.4, 0.5) is 10.1 Å². The highest BCUT2D eigenvalue weighted by Gasteiger charge is 2.11. The van der Waals surface area contributed by atoms with Crippen LogP contribution in [0.2, 0.25) is 0 Å². The van der Waals surface area contributed by atoms with Gasteiger partial charge in [-0.15, -0.1) is 0 Å². The largest absolute Gasteiger partial charge is 0.493 e. The van der Waals surface area contributed by atoms with E-state index in [4.69, 9.17) is 10.5 Å². The van der Waals surface area contributed by atoms with E-state index in [1.54, 1.807) is 18.2 Å². The second-order valence-corrected chi connectivity index (χ2v) is 6.16. The molecule has 2 N–H and O–H groups in total. The van der Waals surface area contributed by atoms with Crippen LogP contribution in [-0.2, 0) is 0 Å². The van der Waals surface area contributed by atoms with E-state index in [1.165, 1.54) is 18.9 Å². The minimum absolute atomic E-state index is 0.353. The van der Waals surface area contributed by atoms with E-state index >= 15 is 0 Å². The normalized spacial score (nSPS) is 11.0. The van der Waals surface area contributed by atoms with Gasteiger partial charge in [-0.3, -0.25) is 0 Å². The number of hydrogen-bond donors (Lipinski definition) is 1. The van der Waals surface area contributed by atoms with Crippen molar-refractivity contribution in [2.45, 2.75) is 32.6 Å². The number of benzene rings is 2. The fourth-order valence-corrected chi connectivity index (χ4v) is 2.85. The number of nitrogen functional groups attached to an aromatic ring is 1. The van der Waals surface area contributed by atoms with Gasteiger partial charge in [0.15, 0.2) is 0 Å². The van der Waals surface area contributed by atoms with E-state index in [2.05, 4.69) is 11.9 Å². The number of fused-ring (bicyclic) bond motifs is 1. The minimum atomic E-state index is -0.353. The number of aromatic nitrogens is 1. The van der Waals surface area contributed by atoms with E-state index in [-0.39, 0.29) is 5.82 Å². The van der Waals surface area contributed by atoms with Gasteiger partial charge in [-0.1, -0.05) is 44.4 Å². The lowest BCUT2D eigenvalue weighted by atomic mass is 10.1. The first-order valence-electron chi connectivity index (χ1n) is 8.77. The van der Waals surface area contributed by atoms with Gasteiger partial charge in [-0.25, -0.2) is 9.37 Å². The molecule has 0 bridgehead atoms. The highest BCUT2D eigenvalue weighted by molar-refractivity contribution is 5.92. The third kappa shape index (κ3) is 4.08. The third-order valence-corrected chi connectivity index (χ3v) is 4.23. The van der Waals surface area contributed by atoms with Crippen LogP contribution in [0, 0.1) is 5.82 Å². The molecule has 0 aliphatic heterocycles. The van der Waals surface area contributed by atoms with E-state index in [0.29, 0.717) is 29.3 Å². The maximum atomic E-state index is 14.5. The van der Waals surface area contributed by atoms with Crippen molar-refractivity contribution in [2.24, 2.45) is 0 Å². The summed E-state index contributed by atoms with van der Waals surface area (Å²) in [4.78, 5) is 4.53. The van der Waals surface area contributed by atoms with Crippen LogP contribution in [0.15, 0.2) is 48.5 Å². The Morgan fingerprint density at radius 1 is 1.04 bits per heavy atom. The molecule has 4 heteroatoms. The zero-order valence-corrected chi connectivity index (χ0v) is 14.5. The van der Waals surface area contributed by atoms with Gasteiger partial charge in [0.1, 0.15) is 11.6 Å². The van der Waals surface area contributed by atoms with Crippen molar-refractivity contribution in [3.63, 3.8) is 0 Å². The Bertz CT molecular complexity index is 864. The molecule has 0 saturated heterocycles. The maximum Gasteiger partial charge on any atom is 0.136 e. The summed E-state index contributed by atoms with van der Waals surface area (Å²) in [7, 11) is 0. The van der Waals surface area contributed by atoms with Gasteiger partial charge >= 0.3 is 0 Å². The molecular formula is C21H23FN2O.